The zero-order valence-electron chi connectivity index (χ0n) is 6.61. The molecule has 0 rings (SSSR count). The molecule has 3 radical (unpaired) electrons. The van der Waals surface area contributed by atoms with Crippen molar-refractivity contribution >= 4 is 101 Å². The van der Waals surface area contributed by atoms with Crippen LogP contribution >= 0.6 is 0 Å². The Morgan fingerprint density at radius 2 is 0.636 bits per heavy atom. The third-order valence-corrected chi connectivity index (χ3v) is 0. The molecule has 0 aromatic rings. The summed E-state index contributed by atoms with van der Waals surface area (Å²) in [6, 6.07) is 0. The first-order valence-electron chi connectivity index (χ1n) is 1.30. The summed E-state index contributed by atoms with van der Waals surface area (Å²) in [6.07, 6.45) is -3.67. The van der Waals surface area contributed by atoms with Gasteiger partial charge in [0.2, 0.25) is 0 Å². The molecule has 0 fully saturated rings. The van der Waals surface area contributed by atoms with E-state index in [1.165, 1.54) is 0 Å². The Morgan fingerprint density at radius 1 is 0.636 bits per heavy atom. The van der Waals surface area contributed by atoms with Crippen LogP contribution < -0.4 is 0 Å². The molecule has 0 bridgehead atoms. The number of hydrogen-bond donors (Lipinski definition) is 4. The van der Waals surface area contributed by atoms with Crippen molar-refractivity contribution in [2.75, 3.05) is 0 Å². The molecule has 0 aliphatic carbocycles. The van der Waals surface area contributed by atoms with Gasteiger partial charge in [-0.3, -0.25) is 0 Å². The average Bonchev–Trinajstić information content (AvgIpc) is 1.25. The Labute approximate surface area is 129 Å². The van der Waals surface area contributed by atoms with Gasteiger partial charge in [-0.25, -0.2) is 9.59 Å². The average molecular weight is 193 g/mol. The smallest absolute Gasteiger partial charge is 0.450 e. The Morgan fingerprint density at radius 3 is 0.636 bits per heavy atom. The van der Waals surface area contributed by atoms with E-state index in [0.29, 0.717) is 0 Å². The molecule has 0 atom stereocenters. The van der Waals surface area contributed by atoms with E-state index in [4.69, 9.17) is 30.0 Å². The Kier molecular flexibility index (Phi) is 60.2. The monoisotopic (exact) mass is 193 g/mol. The number of hydrogen-bond acceptors (Lipinski definition) is 2. The molecule has 51 valence electrons. The van der Waals surface area contributed by atoms with Gasteiger partial charge in [-0.15, -0.1) is 0 Å². The van der Waals surface area contributed by atoms with E-state index in [1.807, 2.05) is 0 Å². The minimum atomic E-state index is -1.83. The number of rotatable bonds is 0. The zero-order valence-corrected chi connectivity index (χ0v) is 12.6. The summed E-state index contributed by atoms with van der Waals surface area (Å²) in [5.41, 5.74) is 0. The molecule has 0 aliphatic rings. The van der Waals surface area contributed by atoms with Gasteiger partial charge in [0.1, 0.15) is 0 Å². The van der Waals surface area contributed by atoms with Crippen molar-refractivity contribution < 1.29 is 30.0 Å². The van der Waals surface area contributed by atoms with Gasteiger partial charge in [0, 0.05) is 88.7 Å². The maximum Gasteiger partial charge on any atom is 0.503 e. The van der Waals surface area contributed by atoms with Crippen LogP contribution in [-0.2, 0) is 0 Å². The zero-order chi connectivity index (χ0) is 7.15. The Hall–Kier alpha value is 1.54. The molecule has 11 heavy (non-hydrogen) atoms. The first kappa shape index (κ1) is 29.4. The van der Waals surface area contributed by atoms with E-state index >= 15 is 0 Å². The maximum absolute atomic E-state index is 8.56. The summed E-state index contributed by atoms with van der Waals surface area (Å²) in [5, 5.41) is 27.9. The van der Waals surface area contributed by atoms with Crippen LogP contribution in [0, 0.1) is 0 Å². The van der Waals surface area contributed by atoms with E-state index in [2.05, 4.69) is 0 Å². The third kappa shape index (κ3) is 443. The van der Waals surface area contributed by atoms with Crippen molar-refractivity contribution in [2.24, 2.45) is 0 Å². The fourth-order valence-electron chi connectivity index (χ4n) is 0. The van der Waals surface area contributed by atoms with Crippen LogP contribution in [0.25, 0.3) is 0 Å². The predicted octanol–water partition coefficient (Wildman–Crippen LogP) is -0.698. The maximum atomic E-state index is 8.56. The van der Waals surface area contributed by atoms with Crippen LogP contribution in [0.15, 0.2) is 0 Å². The van der Waals surface area contributed by atoms with Gasteiger partial charge >= 0.3 is 12.3 Å². The molecule has 0 amide bonds. The minimum Gasteiger partial charge on any atom is -0.450 e. The van der Waals surface area contributed by atoms with Crippen molar-refractivity contribution in [3.63, 3.8) is 0 Å². The predicted molar refractivity (Wildman–Crippen MR) is 38.6 cm³/mol. The number of carbonyl (C=O) groups is 2. The van der Waals surface area contributed by atoms with Crippen LogP contribution in [0.2, 0.25) is 0 Å². The van der Waals surface area contributed by atoms with Crippen molar-refractivity contribution in [1.82, 2.24) is 0 Å². The topological polar surface area (TPSA) is 115 Å². The first-order valence-corrected chi connectivity index (χ1v) is 1.30. The molecule has 9 heteroatoms. The van der Waals surface area contributed by atoms with Crippen LogP contribution in [0.1, 0.15) is 0 Å². The van der Waals surface area contributed by atoms with Crippen LogP contribution in [-0.4, -0.2) is 121 Å². The standard InChI is InChI=1S/2CH2O3.3Na/c2*2-1(3)4;;;/h2*(H2,2,3,4);;;. The minimum absolute atomic E-state index is 0. The normalized spacial score (nSPS) is 4.36. The van der Waals surface area contributed by atoms with Crippen LogP contribution in [0.5, 0.6) is 0 Å². The molecule has 0 heterocycles. The summed E-state index contributed by atoms with van der Waals surface area (Å²) < 4.78 is 0. The number of carboxylic acid groups (broad SMARTS) is 4. The summed E-state index contributed by atoms with van der Waals surface area (Å²) in [6.45, 7) is 0. The molecule has 0 aliphatic heterocycles. The molecular formula is C2H4Na3O6. The van der Waals surface area contributed by atoms with E-state index in [0.717, 1.165) is 0 Å². The molecule has 4 N–H and O–H groups in total. The van der Waals surface area contributed by atoms with Gasteiger partial charge < -0.3 is 20.4 Å². The Balaban J connectivity index is -0.0000000171. The van der Waals surface area contributed by atoms with Crippen LogP contribution in [0.4, 0.5) is 9.59 Å². The van der Waals surface area contributed by atoms with Gasteiger partial charge in [-0.1, -0.05) is 0 Å². The van der Waals surface area contributed by atoms with Gasteiger partial charge in [-0.05, 0) is 0 Å². The van der Waals surface area contributed by atoms with Crippen LogP contribution in [0.3, 0.4) is 0 Å². The molecule has 6 nitrogen and oxygen atoms in total. The van der Waals surface area contributed by atoms with E-state index < -0.39 is 12.3 Å². The molecule has 0 spiro atoms. The fourth-order valence-corrected chi connectivity index (χ4v) is 0. The summed E-state index contributed by atoms with van der Waals surface area (Å²) in [7, 11) is 0. The van der Waals surface area contributed by atoms with Crippen molar-refractivity contribution in [2.45, 2.75) is 0 Å². The SMILES string of the molecule is O=C(O)O.O=C(O)O.[Na].[Na].[Na]. The van der Waals surface area contributed by atoms with E-state index in [-0.39, 0.29) is 88.7 Å². The fraction of sp³-hybridized carbons (Fsp3) is 0. The molecule has 0 aromatic heterocycles. The molecule has 0 saturated carbocycles. The largest absolute Gasteiger partial charge is 0.503 e. The third-order valence-electron chi connectivity index (χ3n) is 0. The Bertz CT molecular complexity index is 73.8. The van der Waals surface area contributed by atoms with Gasteiger partial charge in [0.05, 0.1) is 0 Å². The van der Waals surface area contributed by atoms with E-state index in [9.17, 15) is 0 Å². The molecular weight excluding hydrogens is 189 g/mol. The molecule has 0 saturated heterocycles. The summed E-state index contributed by atoms with van der Waals surface area (Å²) in [4.78, 5) is 17.1. The second-order valence-corrected chi connectivity index (χ2v) is 0.565. The molecule has 0 unspecified atom stereocenters. The summed E-state index contributed by atoms with van der Waals surface area (Å²) in [5.74, 6) is 0. The van der Waals surface area contributed by atoms with Crippen molar-refractivity contribution in [3.05, 3.63) is 0 Å². The quantitative estimate of drug-likeness (QED) is 0.378. The van der Waals surface area contributed by atoms with Gasteiger partial charge in [0.25, 0.3) is 0 Å². The second kappa shape index (κ2) is 22.5. The van der Waals surface area contributed by atoms with Crippen molar-refractivity contribution in [3.8, 4) is 0 Å². The summed E-state index contributed by atoms with van der Waals surface area (Å²) >= 11 is 0. The van der Waals surface area contributed by atoms with E-state index in [1.54, 1.807) is 0 Å². The van der Waals surface area contributed by atoms with Gasteiger partial charge in [0.15, 0.2) is 0 Å². The van der Waals surface area contributed by atoms with Crippen molar-refractivity contribution in [1.29, 1.82) is 0 Å². The first-order chi connectivity index (χ1) is 3.46. The molecule has 0 aromatic carbocycles. The second-order valence-electron chi connectivity index (χ2n) is 0.565. The van der Waals surface area contributed by atoms with Gasteiger partial charge in [-0.2, -0.15) is 0 Å².